The van der Waals surface area contributed by atoms with Gasteiger partial charge in [-0.15, -0.1) is 0 Å². The summed E-state index contributed by atoms with van der Waals surface area (Å²) in [4.78, 5) is 3.86. The van der Waals surface area contributed by atoms with Crippen LogP contribution in [0.5, 0.6) is 0 Å². The maximum atomic E-state index is 3.70. The summed E-state index contributed by atoms with van der Waals surface area (Å²) in [7, 11) is 0. The van der Waals surface area contributed by atoms with E-state index in [9.17, 15) is 0 Å². The number of nitrogens with one attached hydrogen (secondary N) is 1. The molecule has 1 fully saturated rings. The molecule has 2 aromatic rings. The van der Waals surface area contributed by atoms with Crippen LogP contribution in [0, 0.1) is 0 Å². The molecule has 1 N–H and O–H groups in total. The standard InChI is InChI=1S/C15H14N2S/c1-2-6-11(7-3-1)12-10-17-13-8-4-5-9-14(13)18-15(17)16-12/h1-9,12,15-16H,10H2. The number of anilines is 1. The lowest BCUT2D eigenvalue weighted by molar-refractivity contribution is 0.659. The van der Waals surface area contributed by atoms with Crippen LogP contribution < -0.4 is 10.2 Å². The molecule has 0 saturated carbocycles. The Balaban J connectivity index is 1.64. The largest absolute Gasteiger partial charge is 0.344 e. The van der Waals surface area contributed by atoms with Crippen LogP contribution in [0.4, 0.5) is 5.69 Å². The molecule has 0 bridgehead atoms. The minimum Gasteiger partial charge on any atom is -0.344 e. The molecule has 2 nitrogen and oxygen atoms in total. The molecule has 2 unspecified atom stereocenters. The molecule has 2 aliphatic heterocycles. The molecule has 2 aromatic carbocycles. The number of hydrogen-bond donors (Lipinski definition) is 1. The van der Waals surface area contributed by atoms with Gasteiger partial charge in [-0.05, 0) is 17.7 Å². The van der Waals surface area contributed by atoms with Crippen LogP contribution in [0.2, 0.25) is 0 Å². The summed E-state index contributed by atoms with van der Waals surface area (Å²) in [6, 6.07) is 19.8. The van der Waals surface area contributed by atoms with E-state index in [1.807, 2.05) is 11.8 Å². The van der Waals surface area contributed by atoms with Crippen LogP contribution in [0.1, 0.15) is 11.6 Å². The Bertz CT molecular complexity index is 570. The Kier molecular flexibility index (Phi) is 2.35. The quantitative estimate of drug-likeness (QED) is 0.841. The highest BCUT2D eigenvalue weighted by atomic mass is 32.2. The van der Waals surface area contributed by atoms with Gasteiger partial charge >= 0.3 is 0 Å². The van der Waals surface area contributed by atoms with Gasteiger partial charge < -0.3 is 4.90 Å². The molecule has 3 heteroatoms. The molecule has 18 heavy (non-hydrogen) atoms. The lowest BCUT2D eigenvalue weighted by Gasteiger charge is -2.16. The SMILES string of the molecule is c1ccc(C2CN3c4ccccc4SC3N2)cc1. The van der Waals surface area contributed by atoms with Crippen molar-refractivity contribution in [3.63, 3.8) is 0 Å². The molecule has 2 heterocycles. The highest BCUT2D eigenvalue weighted by molar-refractivity contribution is 8.00. The van der Waals surface area contributed by atoms with Gasteiger partial charge in [-0.2, -0.15) is 0 Å². The molecule has 2 aliphatic rings. The summed E-state index contributed by atoms with van der Waals surface area (Å²) in [5.74, 6) is 0. The molecule has 4 rings (SSSR count). The molecule has 0 aromatic heterocycles. The second-order valence-electron chi connectivity index (χ2n) is 4.72. The van der Waals surface area contributed by atoms with Crippen LogP contribution in [0.15, 0.2) is 59.5 Å². The van der Waals surface area contributed by atoms with E-state index in [2.05, 4.69) is 64.8 Å². The van der Waals surface area contributed by atoms with E-state index in [-0.39, 0.29) is 0 Å². The van der Waals surface area contributed by atoms with Gasteiger partial charge in [0.2, 0.25) is 0 Å². The normalized spacial score (nSPS) is 25.0. The first kappa shape index (κ1) is 10.5. The number of benzene rings is 2. The van der Waals surface area contributed by atoms with E-state index in [1.54, 1.807) is 0 Å². The van der Waals surface area contributed by atoms with Crippen LogP contribution in [-0.4, -0.2) is 12.0 Å². The number of fused-ring (bicyclic) bond motifs is 3. The number of rotatable bonds is 1. The summed E-state index contributed by atoms with van der Waals surface area (Å²) in [5, 5.41) is 3.70. The number of thioether (sulfide) groups is 1. The Labute approximate surface area is 111 Å². The summed E-state index contributed by atoms with van der Waals surface area (Å²) in [6.45, 7) is 1.05. The van der Waals surface area contributed by atoms with E-state index in [0.29, 0.717) is 11.5 Å². The van der Waals surface area contributed by atoms with Gasteiger partial charge in [-0.25, -0.2) is 0 Å². The molecule has 0 radical (unpaired) electrons. The highest BCUT2D eigenvalue weighted by Gasteiger charge is 2.38. The van der Waals surface area contributed by atoms with Crippen molar-refractivity contribution in [1.82, 2.24) is 5.32 Å². The van der Waals surface area contributed by atoms with Gasteiger partial charge in [-0.1, -0.05) is 54.2 Å². The number of hydrogen-bond acceptors (Lipinski definition) is 3. The second-order valence-corrected chi connectivity index (χ2v) is 5.84. The smallest absolute Gasteiger partial charge is 0.133 e. The molecule has 2 atom stereocenters. The van der Waals surface area contributed by atoms with Crippen molar-refractivity contribution in [2.45, 2.75) is 16.4 Å². The number of para-hydroxylation sites is 1. The molecule has 0 amide bonds. The fraction of sp³-hybridized carbons (Fsp3) is 0.200. The van der Waals surface area contributed by atoms with E-state index in [4.69, 9.17) is 0 Å². The molecular formula is C15H14N2S. The fourth-order valence-corrected chi connectivity index (χ4v) is 3.99. The van der Waals surface area contributed by atoms with Gasteiger partial charge in [0.1, 0.15) is 5.50 Å². The van der Waals surface area contributed by atoms with Crippen molar-refractivity contribution in [2.75, 3.05) is 11.4 Å². The summed E-state index contributed by atoms with van der Waals surface area (Å²) >= 11 is 1.92. The van der Waals surface area contributed by atoms with Gasteiger partial charge in [0.15, 0.2) is 0 Å². The molecule has 90 valence electrons. The Morgan fingerprint density at radius 1 is 1.00 bits per heavy atom. The maximum Gasteiger partial charge on any atom is 0.133 e. The van der Waals surface area contributed by atoms with E-state index in [0.717, 1.165) is 6.54 Å². The predicted molar refractivity (Wildman–Crippen MR) is 75.8 cm³/mol. The maximum absolute atomic E-state index is 3.70. The zero-order valence-electron chi connectivity index (χ0n) is 9.91. The highest BCUT2D eigenvalue weighted by Crippen LogP contribution is 2.46. The Morgan fingerprint density at radius 3 is 2.67 bits per heavy atom. The topological polar surface area (TPSA) is 15.3 Å². The molecule has 0 aliphatic carbocycles. The van der Waals surface area contributed by atoms with Gasteiger partial charge in [0, 0.05) is 11.4 Å². The second kappa shape index (κ2) is 4.04. The van der Waals surface area contributed by atoms with Gasteiger partial charge in [0.25, 0.3) is 0 Å². The summed E-state index contributed by atoms with van der Waals surface area (Å²) in [6.07, 6.45) is 0. The van der Waals surface area contributed by atoms with Crippen LogP contribution >= 0.6 is 11.8 Å². The average molecular weight is 254 g/mol. The fourth-order valence-electron chi connectivity index (χ4n) is 2.73. The average Bonchev–Trinajstić information content (AvgIpc) is 2.97. The van der Waals surface area contributed by atoms with Crippen molar-refractivity contribution >= 4 is 17.4 Å². The molecule has 1 saturated heterocycles. The van der Waals surface area contributed by atoms with E-state index in [1.165, 1.54) is 16.1 Å². The summed E-state index contributed by atoms with van der Waals surface area (Å²) < 4.78 is 0. The van der Waals surface area contributed by atoms with Gasteiger partial charge in [0.05, 0.1) is 11.7 Å². The third-order valence-electron chi connectivity index (χ3n) is 3.62. The zero-order valence-corrected chi connectivity index (χ0v) is 10.7. The minimum atomic E-state index is 0.396. The van der Waals surface area contributed by atoms with Crippen LogP contribution in [0.25, 0.3) is 0 Å². The van der Waals surface area contributed by atoms with E-state index >= 15 is 0 Å². The van der Waals surface area contributed by atoms with Crippen LogP contribution in [-0.2, 0) is 0 Å². The monoisotopic (exact) mass is 254 g/mol. The predicted octanol–water partition coefficient (Wildman–Crippen LogP) is 3.23. The minimum absolute atomic E-state index is 0.396. The molecule has 0 spiro atoms. The first-order valence-corrected chi connectivity index (χ1v) is 7.13. The summed E-state index contributed by atoms with van der Waals surface area (Å²) in [5.41, 5.74) is 3.15. The van der Waals surface area contributed by atoms with Gasteiger partial charge in [-0.3, -0.25) is 5.32 Å². The van der Waals surface area contributed by atoms with Crippen molar-refractivity contribution in [1.29, 1.82) is 0 Å². The number of nitrogens with zero attached hydrogens (tertiary/aromatic N) is 1. The van der Waals surface area contributed by atoms with Crippen molar-refractivity contribution < 1.29 is 0 Å². The third kappa shape index (κ3) is 1.55. The molecular weight excluding hydrogens is 240 g/mol. The van der Waals surface area contributed by atoms with Crippen LogP contribution in [0.3, 0.4) is 0 Å². The zero-order chi connectivity index (χ0) is 11.9. The van der Waals surface area contributed by atoms with Crippen molar-refractivity contribution in [3.05, 3.63) is 60.2 Å². The van der Waals surface area contributed by atoms with Crippen molar-refractivity contribution in [3.8, 4) is 0 Å². The lowest BCUT2D eigenvalue weighted by Crippen LogP contribution is -2.28. The lowest BCUT2D eigenvalue weighted by atomic mass is 10.1. The Hall–Kier alpha value is -1.45. The van der Waals surface area contributed by atoms with E-state index < -0.39 is 0 Å². The third-order valence-corrected chi connectivity index (χ3v) is 4.83. The first-order valence-electron chi connectivity index (χ1n) is 6.25. The Morgan fingerprint density at radius 2 is 1.78 bits per heavy atom. The van der Waals surface area contributed by atoms with Crippen molar-refractivity contribution in [2.24, 2.45) is 0 Å². The first-order chi connectivity index (χ1) is 8.92.